The van der Waals surface area contributed by atoms with Crippen molar-refractivity contribution >= 4 is 27.0 Å². The molecule has 0 radical (unpaired) electrons. The zero-order valence-corrected chi connectivity index (χ0v) is 17.4. The van der Waals surface area contributed by atoms with Gasteiger partial charge in [-0.2, -0.15) is 10.2 Å². The summed E-state index contributed by atoms with van der Waals surface area (Å²) in [6.45, 7) is 3.50. The summed E-state index contributed by atoms with van der Waals surface area (Å²) in [4.78, 5) is 16.4. The third kappa shape index (κ3) is 5.15. The van der Waals surface area contributed by atoms with Crippen molar-refractivity contribution < 1.29 is 18.3 Å². The molecule has 3 rings (SSSR count). The quantitative estimate of drug-likeness (QED) is 0.424. The van der Waals surface area contributed by atoms with Crippen molar-refractivity contribution in [2.75, 3.05) is 0 Å². The standard InChI is InChI=1S/C22H21N3O4S/c1-15(2)22(27)20-13-17(8-11-21(20)26)25-24-16-6-9-19(10-7-16)30(28,29)14-18-5-3-4-12-23-18/h3-13,15,26H,14H2,1-2H3. The molecule has 0 unspecified atom stereocenters. The maximum atomic E-state index is 12.5. The van der Waals surface area contributed by atoms with Crippen molar-refractivity contribution in [1.82, 2.24) is 4.98 Å². The number of phenolic OH excluding ortho intramolecular Hbond substituents is 1. The highest BCUT2D eigenvalue weighted by atomic mass is 32.2. The van der Waals surface area contributed by atoms with Gasteiger partial charge in [0.15, 0.2) is 15.6 Å². The molecule has 0 bridgehead atoms. The number of ketones is 1. The average molecular weight is 423 g/mol. The van der Waals surface area contributed by atoms with Crippen molar-refractivity contribution in [2.24, 2.45) is 16.1 Å². The second kappa shape index (κ2) is 8.96. The number of pyridine rings is 1. The molecule has 0 spiro atoms. The Kier molecular flexibility index (Phi) is 6.37. The van der Waals surface area contributed by atoms with Gasteiger partial charge in [0.1, 0.15) is 5.75 Å². The summed E-state index contributed by atoms with van der Waals surface area (Å²) in [7, 11) is -3.53. The molecule has 154 valence electrons. The molecule has 0 fully saturated rings. The smallest absolute Gasteiger partial charge is 0.184 e. The third-order valence-corrected chi connectivity index (χ3v) is 5.98. The molecule has 0 saturated carbocycles. The van der Waals surface area contributed by atoms with Crippen molar-refractivity contribution in [2.45, 2.75) is 24.5 Å². The van der Waals surface area contributed by atoms with Gasteiger partial charge in [-0.1, -0.05) is 19.9 Å². The largest absolute Gasteiger partial charge is 0.507 e. The average Bonchev–Trinajstić information content (AvgIpc) is 2.73. The van der Waals surface area contributed by atoms with Crippen LogP contribution in [0.1, 0.15) is 29.9 Å². The van der Waals surface area contributed by atoms with Crippen LogP contribution in [0.3, 0.4) is 0 Å². The summed E-state index contributed by atoms with van der Waals surface area (Å²) < 4.78 is 25.1. The number of aromatic nitrogens is 1. The van der Waals surface area contributed by atoms with Crippen molar-refractivity contribution in [3.05, 3.63) is 78.1 Å². The van der Waals surface area contributed by atoms with Crippen LogP contribution >= 0.6 is 0 Å². The zero-order valence-electron chi connectivity index (χ0n) is 16.6. The number of hydrogen-bond acceptors (Lipinski definition) is 7. The Balaban J connectivity index is 1.77. The lowest BCUT2D eigenvalue weighted by molar-refractivity contribution is 0.0936. The molecule has 0 aliphatic rings. The zero-order chi connectivity index (χ0) is 21.7. The molecular formula is C22H21N3O4S. The highest BCUT2D eigenvalue weighted by Gasteiger charge is 2.17. The van der Waals surface area contributed by atoms with E-state index in [9.17, 15) is 18.3 Å². The molecule has 1 aromatic heterocycles. The van der Waals surface area contributed by atoms with Gasteiger partial charge in [0.2, 0.25) is 0 Å². The predicted octanol–water partition coefficient (Wildman–Crippen LogP) is 5.02. The summed E-state index contributed by atoms with van der Waals surface area (Å²) in [6, 6.07) is 15.6. The van der Waals surface area contributed by atoms with Gasteiger partial charge >= 0.3 is 0 Å². The molecule has 1 N–H and O–H groups in total. The van der Waals surface area contributed by atoms with Gasteiger partial charge in [0, 0.05) is 12.1 Å². The van der Waals surface area contributed by atoms with Crippen LogP contribution in [0, 0.1) is 5.92 Å². The molecule has 2 aromatic carbocycles. The van der Waals surface area contributed by atoms with E-state index in [1.165, 1.54) is 24.3 Å². The highest BCUT2D eigenvalue weighted by Crippen LogP contribution is 2.27. The maximum Gasteiger partial charge on any atom is 0.184 e. The Morgan fingerprint density at radius 1 is 1.00 bits per heavy atom. The van der Waals surface area contributed by atoms with Crippen molar-refractivity contribution in [3.8, 4) is 5.75 Å². The minimum absolute atomic E-state index is 0.102. The molecule has 3 aromatic rings. The number of aromatic hydroxyl groups is 1. The van der Waals surface area contributed by atoms with Crippen LogP contribution in [-0.2, 0) is 15.6 Å². The Morgan fingerprint density at radius 2 is 1.67 bits per heavy atom. The van der Waals surface area contributed by atoms with Gasteiger partial charge < -0.3 is 5.11 Å². The number of benzene rings is 2. The van der Waals surface area contributed by atoms with Crippen molar-refractivity contribution in [1.29, 1.82) is 0 Å². The molecule has 7 nitrogen and oxygen atoms in total. The fourth-order valence-electron chi connectivity index (χ4n) is 2.69. The summed E-state index contributed by atoms with van der Waals surface area (Å²) in [6.07, 6.45) is 1.55. The SMILES string of the molecule is CC(C)C(=O)c1cc(N=Nc2ccc(S(=O)(=O)Cc3ccccn3)cc2)ccc1O. The van der Waals surface area contributed by atoms with Crippen LogP contribution in [0.25, 0.3) is 0 Å². The van der Waals surface area contributed by atoms with E-state index in [0.29, 0.717) is 17.1 Å². The first kappa shape index (κ1) is 21.3. The van der Waals surface area contributed by atoms with Crippen LogP contribution in [0.15, 0.2) is 82.0 Å². The monoisotopic (exact) mass is 423 g/mol. The van der Waals surface area contributed by atoms with Crippen LogP contribution in [0.2, 0.25) is 0 Å². The normalized spacial score (nSPS) is 11.8. The number of azo groups is 1. The van der Waals surface area contributed by atoms with Gasteiger partial charge in [-0.05, 0) is 54.6 Å². The maximum absolute atomic E-state index is 12.5. The summed E-state index contributed by atoms with van der Waals surface area (Å²) in [5.74, 6) is -0.736. The topological polar surface area (TPSA) is 109 Å². The predicted molar refractivity (Wildman–Crippen MR) is 113 cm³/mol. The van der Waals surface area contributed by atoms with E-state index in [1.807, 2.05) is 0 Å². The summed E-state index contributed by atoms with van der Waals surface area (Å²) in [5, 5.41) is 18.1. The van der Waals surface area contributed by atoms with Crippen LogP contribution in [0.4, 0.5) is 11.4 Å². The molecule has 0 amide bonds. The fourth-order valence-corrected chi connectivity index (χ4v) is 3.97. The second-order valence-electron chi connectivity index (χ2n) is 6.99. The number of carbonyl (C=O) groups excluding carboxylic acids is 1. The Labute approximate surface area is 175 Å². The highest BCUT2D eigenvalue weighted by molar-refractivity contribution is 7.90. The van der Waals surface area contributed by atoms with E-state index >= 15 is 0 Å². The first-order chi connectivity index (χ1) is 14.3. The minimum Gasteiger partial charge on any atom is -0.507 e. The van der Waals surface area contributed by atoms with Gasteiger partial charge in [-0.25, -0.2) is 8.42 Å². The van der Waals surface area contributed by atoms with E-state index in [1.54, 1.807) is 56.4 Å². The number of phenols is 1. The molecule has 0 aliphatic heterocycles. The number of rotatable bonds is 7. The first-order valence-electron chi connectivity index (χ1n) is 9.28. The van der Waals surface area contributed by atoms with Gasteiger partial charge in [-0.15, -0.1) is 0 Å². The number of hydrogen-bond donors (Lipinski definition) is 1. The third-order valence-electron chi connectivity index (χ3n) is 4.31. The van der Waals surface area contributed by atoms with Crippen LogP contribution < -0.4 is 0 Å². The molecule has 30 heavy (non-hydrogen) atoms. The van der Waals surface area contributed by atoms with E-state index < -0.39 is 9.84 Å². The number of carbonyl (C=O) groups is 1. The van der Waals surface area contributed by atoms with Gasteiger partial charge in [0.05, 0.1) is 33.3 Å². The Hall–Kier alpha value is -3.39. The molecule has 0 aliphatic carbocycles. The van der Waals surface area contributed by atoms with Gasteiger partial charge in [-0.3, -0.25) is 9.78 Å². The first-order valence-corrected chi connectivity index (χ1v) is 10.9. The van der Waals surface area contributed by atoms with E-state index in [0.717, 1.165) is 0 Å². The number of Topliss-reactive ketones (excluding diaryl/α,β-unsaturated/α-hetero) is 1. The Bertz CT molecular complexity index is 1170. The number of sulfone groups is 1. The Morgan fingerprint density at radius 3 is 2.30 bits per heavy atom. The minimum atomic E-state index is -3.53. The van der Waals surface area contributed by atoms with E-state index in [-0.39, 0.29) is 33.7 Å². The van der Waals surface area contributed by atoms with Crippen LogP contribution in [-0.4, -0.2) is 24.3 Å². The second-order valence-corrected chi connectivity index (χ2v) is 8.98. The van der Waals surface area contributed by atoms with E-state index in [2.05, 4.69) is 15.2 Å². The molecule has 0 atom stereocenters. The lowest BCUT2D eigenvalue weighted by Gasteiger charge is -2.07. The van der Waals surface area contributed by atoms with Crippen LogP contribution in [0.5, 0.6) is 5.75 Å². The summed E-state index contributed by atoms with van der Waals surface area (Å²) in [5.41, 5.74) is 1.53. The number of nitrogens with zero attached hydrogens (tertiary/aromatic N) is 3. The molecule has 1 heterocycles. The van der Waals surface area contributed by atoms with Gasteiger partial charge in [0.25, 0.3) is 0 Å². The summed E-state index contributed by atoms with van der Waals surface area (Å²) >= 11 is 0. The lowest BCUT2D eigenvalue weighted by Crippen LogP contribution is -2.07. The molecule has 0 saturated heterocycles. The van der Waals surface area contributed by atoms with Crippen molar-refractivity contribution in [3.63, 3.8) is 0 Å². The molecular weight excluding hydrogens is 402 g/mol. The van der Waals surface area contributed by atoms with E-state index in [4.69, 9.17) is 0 Å². The fraction of sp³-hybridized carbons (Fsp3) is 0.182. The molecule has 8 heteroatoms. The lowest BCUT2D eigenvalue weighted by atomic mass is 10.00.